The van der Waals surface area contributed by atoms with Crippen molar-refractivity contribution >= 4 is 23.3 Å². The molecule has 0 fully saturated rings. The van der Waals surface area contributed by atoms with Crippen LogP contribution in [-0.2, 0) is 11.3 Å². The van der Waals surface area contributed by atoms with Gasteiger partial charge in [0.1, 0.15) is 6.54 Å². The van der Waals surface area contributed by atoms with Crippen molar-refractivity contribution in [1.82, 2.24) is 15.2 Å². The summed E-state index contributed by atoms with van der Waals surface area (Å²) in [5.41, 5.74) is 0.784. The molecule has 2 N–H and O–H groups in total. The molecule has 0 aliphatic heterocycles. The van der Waals surface area contributed by atoms with Gasteiger partial charge in [0, 0.05) is 11.9 Å². The fraction of sp³-hybridized carbons (Fsp3) is 0.500. The van der Waals surface area contributed by atoms with Crippen molar-refractivity contribution in [2.24, 2.45) is 0 Å². The summed E-state index contributed by atoms with van der Waals surface area (Å²) in [7, 11) is 0. The molecule has 0 aliphatic carbocycles. The van der Waals surface area contributed by atoms with E-state index in [1.165, 1.54) is 16.2 Å². The monoisotopic (exact) mass is 257 g/mol. The van der Waals surface area contributed by atoms with Gasteiger partial charge in [-0.2, -0.15) is 0 Å². The minimum absolute atomic E-state index is 0.293. The van der Waals surface area contributed by atoms with E-state index in [0.29, 0.717) is 13.1 Å². The molecular weight excluding hydrogens is 242 g/mol. The Bertz CT molecular complexity index is 405. The second-order valence-corrected chi connectivity index (χ2v) is 4.49. The fourth-order valence-corrected chi connectivity index (χ4v) is 1.87. The van der Waals surface area contributed by atoms with E-state index in [-0.39, 0.29) is 12.6 Å². The van der Waals surface area contributed by atoms with E-state index in [1.807, 2.05) is 12.3 Å². The summed E-state index contributed by atoms with van der Waals surface area (Å²) in [6.45, 7) is 4.00. The first-order valence-electron chi connectivity index (χ1n) is 5.18. The predicted octanol–water partition coefficient (Wildman–Crippen LogP) is 1.07. The molecule has 7 heteroatoms. The number of aromatic nitrogens is 1. The lowest BCUT2D eigenvalue weighted by molar-refractivity contribution is -0.137. The van der Waals surface area contributed by atoms with Crippen LogP contribution >= 0.6 is 11.3 Å². The normalized spacial score (nSPS) is 10.0. The number of hydrogen-bond donors (Lipinski definition) is 2. The van der Waals surface area contributed by atoms with E-state index in [4.69, 9.17) is 5.11 Å². The van der Waals surface area contributed by atoms with Crippen molar-refractivity contribution in [3.05, 3.63) is 16.1 Å². The smallest absolute Gasteiger partial charge is 0.323 e. The van der Waals surface area contributed by atoms with Gasteiger partial charge in [-0.15, -0.1) is 11.3 Å². The Kier molecular flexibility index (Phi) is 4.89. The van der Waals surface area contributed by atoms with Crippen molar-refractivity contribution in [1.29, 1.82) is 0 Å². The minimum atomic E-state index is -1.02. The summed E-state index contributed by atoms with van der Waals surface area (Å²) >= 11 is 1.51. The van der Waals surface area contributed by atoms with E-state index in [9.17, 15) is 9.59 Å². The molecule has 0 saturated heterocycles. The van der Waals surface area contributed by atoms with Gasteiger partial charge in [0.15, 0.2) is 0 Å². The fourth-order valence-electron chi connectivity index (χ4n) is 1.26. The molecule has 0 aliphatic rings. The summed E-state index contributed by atoms with van der Waals surface area (Å²) in [5, 5.41) is 14.1. The molecule has 1 heterocycles. The van der Waals surface area contributed by atoms with Crippen molar-refractivity contribution in [2.75, 3.05) is 13.1 Å². The first-order valence-corrected chi connectivity index (χ1v) is 6.06. The average molecular weight is 257 g/mol. The number of rotatable bonds is 5. The summed E-state index contributed by atoms with van der Waals surface area (Å²) in [4.78, 5) is 27.6. The van der Waals surface area contributed by atoms with E-state index < -0.39 is 5.97 Å². The van der Waals surface area contributed by atoms with Crippen LogP contribution in [0.1, 0.15) is 17.6 Å². The third kappa shape index (κ3) is 4.39. The van der Waals surface area contributed by atoms with Crippen LogP contribution < -0.4 is 5.32 Å². The second kappa shape index (κ2) is 6.19. The standard InChI is InChI=1S/C10H15N3O3S/c1-3-13(5-9(14)15)10(16)11-4-8-6-17-7(2)12-8/h6H,3-5H2,1-2H3,(H,11,16)(H,14,15). The molecule has 0 radical (unpaired) electrons. The number of amides is 2. The number of likely N-dealkylation sites (N-methyl/N-ethyl adjacent to an activating group) is 1. The lowest BCUT2D eigenvalue weighted by Crippen LogP contribution is -2.42. The Morgan fingerprint density at radius 3 is 2.76 bits per heavy atom. The van der Waals surface area contributed by atoms with E-state index in [1.54, 1.807) is 6.92 Å². The zero-order chi connectivity index (χ0) is 12.8. The van der Waals surface area contributed by atoms with Gasteiger partial charge in [-0.05, 0) is 13.8 Å². The number of carbonyl (C=O) groups is 2. The molecule has 6 nitrogen and oxygen atoms in total. The third-order valence-electron chi connectivity index (χ3n) is 2.08. The van der Waals surface area contributed by atoms with Gasteiger partial charge in [0.2, 0.25) is 0 Å². The Morgan fingerprint density at radius 1 is 1.59 bits per heavy atom. The van der Waals surface area contributed by atoms with Crippen LogP contribution in [0.4, 0.5) is 4.79 Å². The van der Waals surface area contributed by atoms with Crippen LogP contribution in [0.3, 0.4) is 0 Å². The zero-order valence-corrected chi connectivity index (χ0v) is 10.6. The third-order valence-corrected chi connectivity index (χ3v) is 2.90. The van der Waals surface area contributed by atoms with Gasteiger partial charge in [-0.1, -0.05) is 0 Å². The number of carbonyl (C=O) groups excluding carboxylic acids is 1. The summed E-state index contributed by atoms with van der Waals surface area (Å²) in [6, 6.07) is -0.388. The maximum Gasteiger partial charge on any atom is 0.323 e. The van der Waals surface area contributed by atoms with Crippen LogP contribution in [0.15, 0.2) is 5.38 Å². The van der Waals surface area contributed by atoms with Gasteiger partial charge in [0.25, 0.3) is 0 Å². The number of hydrogen-bond acceptors (Lipinski definition) is 4. The number of nitrogens with zero attached hydrogens (tertiary/aromatic N) is 2. The van der Waals surface area contributed by atoms with Gasteiger partial charge >= 0.3 is 12.0 Å². The summed E-state index contributed by atoms with van der Waals surface area (Å²) in [6.07, 6.45) is 0. The molecule has 1 aromatic heterocycles. The number of carboxylic acid groups (broad SMARTS) is 1. The zero-order valence-electron chi connectivity index (χ0n) is 9.77. The van der Waals surface area contributed by atoms with Crippen LogP contribution in [0.2, 0.25) is 0 Å². The molecule has 0 unspecified atom stereocenters. The molecular formula is C10H15N3O3S. The van der Waals surface area contributed by atoms with Crippen LogP contribution in [-0.4, -0.2) is 40.1 Å². The average Bonchev–Trinajstić information content (AvgIpc) is 2.68. The van der Waals surface area contributed by atoms with E-state index >= 15 is 0 Å². The Morgan fingerprint density at radius 2 is 2.29 bits per heavy atom. The number of urea groups is 1. The first kappa shape index (κ1) is 13.4. The van der Waals surface area contributed by atoms with Gasteiger partial charge in [-0.3, -0.25) is 4.79 Å². The number of nitrogens with one attached hydrogen (secondary N) is 1. The molecule has 94 valence electrons. The molecule has 0 bridgehead atoms. The highest BCUT2D eigenvalue weighted by Gasteiger charge is 2.14. The maximum absolute atomic E-state index is 11.6. The van der Waals surface area contributed by atoms with Crippen molar-refractivity contribution in [3.63, 3.8) is 0 Å². The highest BCUT2D eigenvalue weighted by atomic mass is 32.1. The molecule has 0 spiro atoms. The maximum atomic E-state index is 11.6. The highest BCUT2D eigenvalue weighted by Crippen LogP contribution is 2.07. The Labute approximate surface area is 103 Å². The number of aliphatic carboxylic acids is 1. The predicted molar refractivity (Wildman–Crippen MR) is 64.0 cm³/mol. The van der Waals surface area contributed by atoms with Crippen molar-refractivity contribution in [3.8, 4) is 0 Å². The summed E-state index contributed by atoms with van der Waals surface area (Å²) < 4.78 is 0. The largest absolute Gasteiger partial charge is 0.480 e. The molecule has 2 amide bonds. The van der Waals surface area contributed by atoms with Crippen molar-refractivity contribution < 1.29 is 14.7 Å². The molecule has 0 atom stereocenters. The van der Waals surface area contributed by atoms with Crippen LogP contribution in [0.25, 0.3) is 0 Å². The minimum Gasteiger partial charge on any atom is -0.480 e. The molecule has 1 rings (SSSR count). The number of thiazole rings is 1. The van der Waals surface area contributed by atoms with Gasteiger partial charge in [0.05, 0.1) is 17.2 Å². The topological polar surface area (TPSA) is 82.5 Å². The highest BCUT2D eigenvalue weighted by molar-refractivity contribution is 7.09. The Hall–Kier alpha value is -1.63. The number of aryl methyl sites for hydroxylation is 1. The quantitative estimate of drug-likeness (QED) is 0.826. The van der Waals surface area contributed by atoms with Gasteiger partial charge < -0.3 is 15.3 Å². The molecule has 0 aromatic carbocycles. The lowest BCUT2D eigenvalue weighted by atomic mass is 10.4. The van der Waals surface area contributed by atoms with Crippen LogP contribution in [0.5, 0.6) is 0 Å². The molecule has 0 saturated carbocycles. The van der Waals surface area contributed by atoms with Gasteiger partial charge in [-0.25, -0.2) is 9.78 Å². The van der Waals surface area contributed by atoms with Crippen LogP contribution in [0, 0.1) is 6.92 Å². The van der Waals surface area contributed by atoms with Crippen molar-refractivity contribution in [2.45, 2.75) is 20.4 Å². The SMILES string of the molecule is CCN(CC(=O)O)C(=O)NCc1csc(C)n1. The molecule has 1 aromatic rings. The second-order valence-electron chi connectivity index (χ2n) is 3.42. The number of carboxylic acids is 1. The summed E-state index contributed by atoms with van der Waals surface area (Å²) in [5.74, 6) is -1.02. The van der Waals surface area contributed by atoms with E-state index in [2.05, 4.69) is 10.3 Å². The van der Waals surface area contributed by atoms with E-state index in [0.717, 1.165) is 10.7 Å². The first-order chi connectivity index (χ1) is 8.02. The lowest BCUT2D eigenvalue weighted by Gasteiger charge is -2.18. The Balaban J connectivity index is 2.44. The molecule has 17 heavy (non-hydrogen) atoms.